The van der Waals surface area contributed by atoms with Gasteiger partial charge in [-0.1, -0.05) is 12.1 Å². The fourth-order valence-corrected chi connectivity index (χ4v) is 3.31. The Morgan fingerprint density at radius 1 is 1.30 bits per heavy atom. The SMILES string of the molecule is COc1ccccc1OC1CCCN(C(=O)NCCc2ccncc2C)C1. The highest BCUT2D eigenvalue weighted by atomic mass is 16.5. The number of benzene rings is 1. The van der Waals surface area contributed by atoms with Crippen LogP contribution in [0.5, 0.6) is 11.5 Å². The molecule has 1 aliphatic rings. The van der Waals surface area contributed by atoms with Crippen molar-refractivity contribution in [2.24, 2.45) is 0 Å². The van der Waals surface area contributed by atoms with E-state index in [9.17, 15) is 4.79 Å². The number of hydrogen-bond donors (Lipinski definition) is 1. The van der Waals surface area contributed by atoms with E-state index in [0.29, 0.717) is 18.8 Å². The maximum atomic E-state index is 12.5. The number of pyridine rings is 1. The summed E-state index contributed by atoms with van der Waals surface area (Å²) in [6.07, 6.45) is 6.27. The van der Waals surface area contributed by atoms with Gasteiger partial charge in [-0.15, -0.1) is 0 Å². The predicted molar refractivity (Wildman–Crippen MR) is 104 cm³/mol. The number of carbonyl (C=O) groups is 1. The molecule has 0 aliphatic carbocycles. The minimum atomic E-state index is -0.0324. The van der Waals surface area contributed by atoms with Gasteiger partial charge < -0.3 is 19.7 Å². The third-order valence-electron chi connectivity index (χ3n) is 4.84. The third-order valence-corrected chi connectivity index (χ3v) is 4.84. The third kappa shape index (κ3) is 5.12. The van der Waals surface area contributed by atoms with E-state index in [4.69, 9.17) is 9.47 Å². The molecule has 1 atom stereocenters. The Labute approximate surface area is 160 Å². The normalized spacial score (nSPS) is 16.7. The van der Waals surface area contributed by atoms with E-state index in [1.54, 1.807) is 13.3 Å². The average molecular weight is 369 g/mol. The van der Waals surface area contributed by atoms with E-state index in [-0.39, 0.29) is 12.1 Å². The molecule has 0 spiro atoms. The number of nitrogens with one attached hydrogen (secondary N) is 1. The molecule has 2 heterocycles. The van der Waals surface area contributed by atoms with Crippen LogP contribution in [0.15, 0.2) is 42.7 Å². The summed E-state index contributed by atoms with van der Waals surface area (Å²) in [5.74, 6) is 1.44. The van der Waals surface area contributed by atoms with Crippen LogP contribution in [0.2, 0.25) is 0 Å². The lowest BCUT2D eigenvalue weighted by atomic mass is 10.1. The first-order chi connectivity index (χ1) is 13.2. The number of amides is 2. The predicted octanol–water partition coefficient (Wildman–Crippen LogP) is 3.19. The standard InChI is InChI=1S/C21H27N3O3/c1-16-14-22-11-9-17(16)10-12-23-21(25)24-13-5-6-18(15-24)27-20-8-4-3-7-19(20)26-2/h3-4,7-9,11,14,18H,5-6,10,12-13,15H2,1-2H3,(H,23,25). The van der Waals surface area contributed by atoms with E-state index in [0.717, 1.165) is 37.1 Å². The molecule has 6 heteroatoms. The number of methoxy groups -OCH3 is 1. The Kier molecular flexibility index (Phi) is 6.52. The second kappa shape index (κ2) is 9.26. The molecular weight excluding hydrogens is 342 g/mol. The first-order valence-electron chi connectivity index (χ1n) is 9.39. The second-order valence-corrected chi connectivity index (χ2v) is 6.76. The second-order valence-electron chi connectivity index (χ2n) is 6.76. The Morgan fingerprint density at radius 2 is 2.11 bits per heavy atom. The number of carbonyl (C=O) groups excluding carboxylic acids is 1. The average Bonchev–Trinajstić information content (AvgIpc) is 2.70. The summed E-state index contributed by atoms with van der Waals surface area (Å²) < 4.78 is 11.4. The maximum absolute atomic E-state index is 12.5. The summed E-state index contributed by atoms with van der Waals surface area (Å²) in [7, 11) is 1.63. The lowest BCUT2D eigenvalue weighted by Crippen LogP contribution is -2.48. The van der Waals surface area contributed by atoms with Gasteiger partial charge >= 0.3 is 6.03 Å². The highest BCUT2D eigenvalue weighted by Gasteiger charge is 2.25. The number of ether oxygens (including phenoxy) is 2. The van der Waals surface area contributed by atoms with Crippen molar-refractivity contribution < 1.29 is 14.3 Å². The molecule has 1 aliphatic heterocycles. The molecule has 2 aromatic rings. The van der Waals surface area contributed by atoms with Crippen LogP contribution in [0.3, 0.4) is 0 Å². The zero-order chi connectivity index (χ0) is 19.1. The number of urea groups is 1. The summed E-state index contributed by atoms with van der Waals surface area (Å²) >= 11 is 0. The van der Waals surface area contributed by atoms with Crippen LogP contribution < -0.4 is 14.8 Å². The van der Waals surface area contributed by atoms with Gasteiger partial charge in [0, 0.05) is 25.5 Å². The molecule has 1 fully saturated rings. The lowest BCUT2D eigenvalue weighted by Gasteiger charge is -2.33. The van der Waals surface area contributed by atoms with Crippen molar-refractivity contribution in [3.05, 3.63) is 53.9 Å². The summed E-state index contributed by atoms with van der Waals surface area (Å²) in [4.78, 5) is 18.5. The number of hydrogen-bond acceptors (Lipinski definition) is 4. The number of aromatic nitrogens is 1. The molecule has 2 amide bonds. The number of aryl methyl sites for hydroxylation is 1. The maximum Gasteiger partial charge on any atom is 0.317 e. The van der Waals surface area contributed by atoms with Crippen molar-refractivity contribution in [2.45, 2.75) is 32.3 Å². The number of para-hydroxylation sites is 2. The summed E-state index contributed by atoms with van der Waals surface area (Å²) in [6.45, 7) is 3.98. The molecule has 1 aromatic carbocycles. The molecule has 1 saturated heterocycles. The minimum Gasteiger partial charge on any atom is -0.493 e. The first-order valence-corrected chi connectivity index (χ1v) is 9.39. The molecule has 6 nitrogen and oxygen atoms in total. The Balaban J connectivity index is 1.50. The van der Waals surface area contributed by atoms with Crippen molar-refractivity contribution in [2.75, 3.05) is 26.7 Å². The topological polar surface area (TPSA) is 63.7 Å². The molecule has 0 saturated carbocycles. The monoisotopic (exact) mass is 369 g/mol. The molecule has 27 heavy (non-hydrogen) atoms. The van der Waals surface area contributed by atoms with Gasteiger partial charge in [0.1, 0.15) is 6.10 Å². The van der Waals surface area contributed by atoms with Gasteiger partial charge in [-0.2, -0.15) is 0 Å². The van der Waals surface area contributed by atoms with Crippen LogP contribution in [0.1, 0.15) is 24.0 Å². The van der Waals surface area contributed by atoms with Gasteiger partial charge in [0.15, 0.2) is 11.5 Å². The molecule has 1 aromatic heterocycles. The lowest BCUT2D eigenvalue weighted by molar-refractivity contribution is 0.0990. The smallest absolute Gasteiger partial charge is 0.317 e. The minimum absolute atomic E-state index is 0.0248. The van der Waals surface area contributed by atoms with Crippen LogP contribution in [0, 0.1) is 6.92 Å². The van der Waals surface area contributed by atoms with Crippen molar-refractivity contribution in [3.63, 3.8) is 0 Å². The highest BCUT2D eigenvalue weighted by molar-refractivity contribution is 5.74. The quantitative estimate of drug-likeness (QED) is 0.849. The van der Waals surface area contributed by atoms with Crippen molar-refractivity contribution >= 4 is 6.03 Å². The van der Waals surface area contributed by atoms with Crippen molar-refractivity contribution in [3.8, 4) is 11.5 Å². The van der Waals surface area contributed by atoms with Crippen LogP contribution >= 0.6 is 0 Å². The molecule has 3 rings (SSSR count). The molecule has 1 N–H and O–H groups in total. The van der Waals surface area contributed by atoms with E-state index in [1.807, 2.05) is 48.4 Å². The molecule has 0 bridgehead atoms. The van der Waals surface area contributed by atoms with Crippen LogP contribution in [-0.4, -0.2) is 48.8 Å². The van der Waals surface area contributed by atoms with Crippen molar-refractivity contribution in [1.82, 2.24) is 15.2 Å². The van der Waals surface area contributed by atoms with Gasteiger partial charge in [-0.3, -0.25) is 4.98 Å². The zero-order valence-corrected chi connectivity index (χ0v) is 16.0. The van der Waals surface area contributed by atoms with Gasteiger partial charge in [0.25, 0.3) is 0 Å². The van der Waals surface area contributed by atoms with Crippen LogP contribution in [0.25, 0.3) is 0 Å². The van der Waals surface area contributed by atoms with E-state index in [2.05, 4.69) is 10.3 Å². The Morgan fingerprint density at radius 3 is 2.89 bits per heavy atom. The number of rotatable bonds is 6. The van der Waals surface area contributed by atoms with Gasteiger partial charge in [-0.05, 0) is 55.5 Å². The molecule has 144 valence electrons. The van der Waals surface area contributed by atoms with E-state index < -0.39 is 0 Å². The fraction of sp³-hybridized carbons (Fsp3) is 0.429. The summed E-state index contributed by atoms with van der Waals surface area (Å²) in [5, 5.41) is 3.02. The van der Waals surface area contributed by atoms with E-state index in [1.165, 1.54) is 5.56 Å². The number of piperidine rings is 1. The Bertz CT molecular complexity index is 766. The molecular formula is C21H27N3O3. The van der Waals surface area contributed by atoms with Gasteiger partial charge in [0.2, 0.25) is 0 Å². The van der Waals surface area contributed by atoms with E-state index >= 15 is 0 Å². The highest BCUT2D eigenvalue weighted by Crippen LogP contribution is 2.28. The first kappa shape index (κ1) is 19.0. The molecule has 1 unspecified atom stereocenters. The van der Waals surface area contributed by atoms with Crippen LogP contribution in [-0.2, 0) is 6.42 Å². The van der Waals surface area contributed by atoms with Crippen molar-refractivity contribution in [1.29, 1.82) is 0 Å². The summed E-state index contributed by atoms with van der Waals surface area (Å²) in [5.41, 5.74) is 2.36. The number of likely N-dealkylation sites (tertiary alicyclic amines) is 1. The molecule has 0 radical (unpaired) electrons. The van der Waals surface area contributed by atoms with Gasteiger partial charge in [-0.25, -0.2) is 4.79 Å². The summed E-state index contributed by atoms with van der Waals surface area (Å²) in [6, 6.07) is 9.58. The Hall–Kier alpha value is -2.76. The largest absolute Gasteiger partial charge is 0.493 e. The van der Waals surface area contributed by atoms with Crippen LogP contribution in [0.4, 0.5) is 4.79 Å². The fourth-order valence-electron chi connectivity index (χ4n) is 3.31. The van der Waals surface area contributed by atoms with Gasteiger partial charge in [0.05, 0.1) is 13.7 Å². The number of nitrogens with zero attached hydrogens (tertiary/aromatic N) is 2. The zero-order valence-electron chi connectivity index (χ0n) is 16.0.